The fourth-order valence-electron chi connectivity index (χ4n) is 4.57. The fourth-order valence-corrected chi connectivity index (χ4v) is 4.57. The van der Waals surface area contributed by atoms with Crippen LogP contribution in [-0.4, -0.2) is 28.9 Å². The first-order chi connectivity index (χ1) is 14.7. The molecule has 30 heavy (non-hydrogen) atoms. The third kappa shape index (κ3) is 7.07. The Morgan fingerprint density at radius 1 is 0.933 bits per heavy atom. The van der Waals surface area contributed by atoms with Crippen molar-refractivity contribution in [1.29, 1.82) is 0 Å². The Morgan fingerprint density at radius 2 is 1.57 bits per heavy atom. The van der Waals surface area contributed by atoms with Crippen molar-refractivity contribution in [2.24, 2.45) is 0 Å². The molecule has 0 radical (unpaired) electrons. The Morgan fingerprint density at radius 3 is 2.23 bits per heavy atom. The number of ether oxygens (including phenoxy) is 1. The van der Waals surface area contributed by atoms with Crippen molar-refractivity contribution in [3.05, 3.63) is 71.8 Å². The van der Waals surface area contributed by atoms with E-state index in [4.69, 9.17) is 4.74 Å². The zero-order chi connectivity index (χ0) is 21.2. The summed E-state index contributed by atoms with van der Waals surface area (Å²) in [5.74, 6) is 0.418. The quantitative estimate of drug-likeness (QED) is 0.418. The highest BCUT2D eigenvalue weighted by atomic mass is 16.5. The summed E-state index contributed by atoms with van der Waals surface area (Å²) < 4.78 is 6.16. The summed E-state index contributed by atoms with van der Waals surface area (Å²) in [5, 5.41) is 0. The Labute approximate surface area is 182 Å². The molecule has 0 aliphatic carbocycles. The number of unbranched alkanes of at least 4 members (excludes halogenated alkanes) is 2. The first-order valence-electron chi connectivity index (χ1n) is 11.6. The molecule has 2 aromatic rings. The minimum Gasteiger partial charge on any atom is -0.374 e. The predicted molar refractivity (Wildman–Crippen MR) is 123 cm³/mol. The summed E-state index contributed by atoms with van der Waals surface area (Å²) in [4.78, 5) is 15.2. The number of likely N-dealkylation sites (tertiary alicyclic amines) is 1. The predicted octanol–water partition coefficient (Wildman–Crippen LogP) is 6.16. The summed E-state index contributed by atoms with van der Waals surface area (Å²) in [6.45, 7) is 5.93. The minimum absolute atomic E-state index is 0.121. The summed E-state index contributed by atoms with van der Waals surface area (Å²) in [6.07, 6.45) is 7.14. The van der Waals surface area contributed by atoms with Gasteiger partial charge in [0.25, 0.3) is 0 Å². The molecule has 0 bridgehead atoms. The molecule has 3 rings (SSSR count). The van der Waals surface area contributed by atoms with E-state index in [0.29, 0.717) is 31.3 Å². The second-order valence-corrected chi connectivity index (χ2v) is 8.75. The van der Waals surface area contributed by atoms with Gasteiger partial charge in [0.05, 0.1) is 12.7 Å². The molecule has 3 atom stereocenters. The number of piperidine rings is 1. The minimum atomic E-state index is 0.121. The molecule has 162 valence electrons. The molecule has 3 nitrogen and oxygen atoms in total. The second-order valence-electron chi connectivity index (χ2n) is 8.75. The van der Waals surface area contributed by atoms with E-state index in [-0.39, 0.29) is 12.1 Å². The summed E-state index contributed by atoms with van der Waals surface area (Å²) in [6, 6.07) is 21.6. The first-order valence-corrected chi connectivity index (χ1v) is 11.6. The van der Waals surface area contributed by atoms with Crippen LogP contribution >= 0.6 is 0 Å². The summed E-state index contributed by atoms with van der Waals surface area (Å²) >= 11 is 0. The summed E-state index contributed by atoms with van der Waals surface area (Å²) in [7, 11) is 0. The zero-order valence-corrected chi connectivity index (χ0v) is 18.6. The van der Waals surface area contributed by atoms with E-state index in [1.807, 2.05) is 18.2 Å². The van der Waals surface area contributed by atoms with Crippen LogP contribution in [0.5, 0.6) is 0 Å². The van der Waals surface area contributed by atoms with Gasteiger partial charge in [0.1, 0.15) is 5.78 Å². The van der Waals surface area contributed by atoms with Crippen LogP contribution in [0.4, 0.5) is 0 Å². The fraction of sp³-hybridized carbons (Fsp3) is 0.519. The van der Waals surface area contributed by atoms with Gasteiger partial charge in [0.15, 0.2) is 0 Å². The SMILES string of the molecule is CCCCC[C@@H]1CC(=O)C[C@H](C[C@H](C)OCc2ccccc2)N1Cc1ccccc1. The van der Waals surface area contributed by atoms with E-state index >= 15 is 0 Å². The number of rotatable bonds is 11. The molecule has 3 heteroatoms. The lowest BCUT2D eigenvalue weighted by atomic mass is 9.88. The number of nitrogens with zero attached hydrogens (tertiary/aromatic N) is 1. The number of carbonyl (C=O) groups excluding carboxylic acids is 1. The number of hydrogen-bond acceptors (Lipinski definition) is 3. The molecule has 2 aromatic carbocycles. The highest BCUT2D eigenvalue weighted by Gasteiger charge is 2.35. The lowest BCUT2D eigenvalue weighted by Crippen LogP contribution is -2.50. The van der Waals surface area contributed by atoms with Crippen molar-refractivity contribution in [3.8, 4) is 0 Å². The molecule has 1 heterocycles. The van der Waals surface area contributed by atoms with Gasteiger partial charge in [-0.15, -0.1) is 0 Å². The Hall–Kier alpha value is -1.97. The second kappa shape index (κ2) is 12.0. The molecule has 1 fully saturated rings. The first kappa shape index (κ1) is 22.7. The van der Waals surface area contributed by atoms with Crippen LogP contribution in [0.25, 0.3) is 0 Å². The Kier molecular flexibility index (Phi) is 9.10. The van der Waals surface area contributed by atoms with E-state index in [9.17, 15) is 4.79 Å². The van der Waals surface area contributed by atoms with Gasteiger partial charge < -0.3 is 4.74 Å². The van der Waals surface area contributed by atoms with Crippen LogP contribution in [0.1, 0.15) is 69.9 Å². The maximum Gasteiger partial charge on any atom is 0.136 e. The van der Waals surface area contributed by atoms with E-state index < -0.39 is 0 Å². The third-order valence-electron chi connectivity index (χ3n) is 6.19. The van der Waals surface area contributed by atoms with Gasteiger partial charge in [-0.3, -0.25) is 9.69 Å². The van der Waals surface area contributed by atoms with Gasteiger partial charge in [-0.1, -0.05) is 86.8 Å². The van der Waals surface area contributed by atoms with Gasteiger partial charge >= 0.3 is 0 Å². The van der Waals surface area contributed by atoms with Crippen LogP contribution in [0.2, 0.25) is 0 Å². The van der Waals surface area contributed by atoms with Crippen molar-refractivity contribution >= 4 is 5.78 Å². The number of Topliss-reactive ketones (excluding diaryl/α,β-unsaturated/α-hetero) is 1. The number of carbonyl (C=O) groups is 1. The molecular weight excluding hydrogens is 370 g/mol. The van der Waals surface area contributed by atoms with Crippen LogP contribution in [0.3, 0.4) is 0 Å². The maximum atomic E-state index is 12.6. The third-order valence-corrected chi connectivity index (χ3v) is 6.19. The van der Waals surface area contributed by atoms with Crippen molar-refractivity contribution in [2.75, 3.05) is 0 Å². The van der Waals surface area contributed by atoms with Crippen LogP contribution < -0.4 is 0 Å². The molecule has 1 saturated heterocycles. The van der Waals surface area contributed by atoms with E-state index in [1.54, 1.807) is 0 Å². The number of hydrogen-bond donors (Lipinski definition) is 0. The average molecular weight is 408 g/mol. The molecule has 0 unspecified atom stereocenters. The lowest BCUT2D eigenvalue weighted by molar-refractivity contribution is -0.127. The number of ketones is 1. The molecular formula is C27H37NO2. The molecule has 1 aliphatic heterocycles. The van der Waals surface area contributed by atoms with E-state index in [1.165, 1.54) is 30.4 Å². The molecule has 0 saturated carbocycles. The van der Waals surface area contributed by atoms with Crippen molar-refractivity contribution in [3.63, 3.8) is 0 Å². The molecule has 1 aliphatic rings. The largest absolute Gasteiger partial charge is 0.374 e. The topological polar surface area (TPSA) is 29.5 Å². The van der Waals surface area contributed by atoms with Crippen LogP contribution in [0, 0.1) is 0 Å². The highest BCUT2D eigenvalue weighted by Crippen LogP contribution is 2.29. The average Bonchev–Trinajstić information content (AvgIpc) is 2.76. The standard InChI is InChI=1S/C27H37NO2/c1-3-4-7-16-25-18-27(29)19-26(28(25)20-23-12-8-5-9-13-23)17-22(2)30-21-24-14-10-6-11-15-24/h5-6,8-15,22,25-26H,3-4,7,16-21H2,1-2H3/t22-,25+,26-/m0/s1. The van der Waals surface area contributed by atoms with Crippen molar-refractivity contribution in [2.45, 2.75) is 90.1 Å². The van der Waals surface area contributed by atoms with Gasteiger partial charge in [-0.25, -0.2) is 0 Å². The van der Waals surface area contributed by atoms with Crippen molar-refractivity contribution in [1.82, 2.24) is 4.90 Å². The Balaban J connectivity index is 1.66. The van der Waals surface area contributed by atoms with E-state index in [0.717, 1.165) is 19.4 Å². The van der Waals surface area contributed by atoms with Crippen LogP contribution in [0.15, 0.2) is 60.7 Å². The smallest absolute Gasteiger partial charge is 0.136 e. The molecule has 0 amide bonds. The Bertz CT molecular complexity index is 746. The highest BCUT2D eigenvalue weighted by molar-refractivity contribution is 5.80. The van der Waals surface area contributed by atoms with Crippen LogP contribution in [-0.2, 0) is 22.7 Å². The molecule has 0 spiro atoms. The van der Waals surface area contributed by atoms with Gasteiger partial charge in [0, 0.05) is 31.5 Å². The number of benzene rings is 2. The normalized spacial score (nSPS) is 20.9. The zero-order valence-electron chi connectivity index (χ0n) is 18.6. The lowest BCUT2D eigenvalue weighted by Gasteiger charge is -2.42. The molecule has 0 aromatic heterocycles. The monoisotopic (exact) mass is 407 g/mol. The summed E-state index contributed by atoms with van der Waals surface area (Å²) in [5.41, 5.74) is 2.53. The van der Waals surface area contributed by atoms with Gasteiger partial charge in [-0.2, -0.15) is 0 Å². The maximum absolute atomic E-state index is 12.6. The van der Waals surface area contributed by atoms with Gasteiger partial charge in [0.2, 0.25) is 0 Å². The van der Waals surface area contributed by atoms with Gasteiger partial charge in [-0.05, 0) is 30.9 Å². The molecule has 0 N–H and O–H groups in total. The van der Waals surface area contributed by atoms with Crippen molar-refractivity contribution < 1.29 is 9.53 Å². The van der Waals surface area contributed by atoms with E-state index in [2.05, 4.69) is 61.2 Å².